The summed E-state index contributed by atoms with van der Waals surface area (Å²) < 4.78 is 36.5. The molecule has 2 fully saturated rings. The zero-order valence-corrected chi connectivity index (χ0v) is 8.87. The van der Waals surface area contributed by atoms with Crippen molar-refractivity contribution >= 4 is 0 Å². The molecule has 0 amide bonds. The van der Waals surface area contributed by atoms with Gasteiger partial charge in [0, 0.05) is 25.9 Å². The molecule has 0 atom stereocenters. The van der Waals surface area contributed by atoms with E-state index in [4.69, 9.17) is 0 Å². The largest absolute Gasteiger partial charge is 0.317 e. The van der Waals surface area contributed by atoms with Crippen LogP contribution in [0, 0.1) is 0 Å². The first-order valence-electron chi connectivity index (χ1n) is 5.53. The first kappa shape index (κ1) is 12.8. The summed E-state index contributed by atoms with van der Waals surface area (Å²) in [5.41, 5.74) is 0. The second-order valence-electron chi connectivity index (χ2n) is 4.03. The maximum absolute atomic E-state index is 12.2. The van der Waals surface area contributed by atoms with E-state index in [1.807, 2.05) is 0 Å². The predicted octanol–water partition coefficient (Wildman–Crippen LogP) is 1.71. The van der Waals surface area contributed by atoms with E-state index in [1.165, 1.54) is 0 Å². The molecule has 5 heteroatoms. The Morgan fingerprint density at radius 2 is 1.33 bits per heavy atom. The first-order valence-corrected chi connectivity index (χ1v) is 5.53. The number of halogens is 3. The SMILES string of the molecule is FC1(F)CCNCC1.FC1CCNCC1. The molecule has 90 valence electrons. The summed E-state index contributed by atoms with van der Waals surface area (Å²) >= 11 is 0. The lowest BCUT2D eigenvalue weighted by atomic mass is 10.1. The predicted molar refractivity (Wildman–Crippen MR) is 54.1 cm³/mol. The molecule has 2 heterocycles. The van der Waals surface area contributed by atoms with Crippen LogP contribution in [0.15, 0.2) is 0 Å². The number of nitrogens with one attached hydrogen (secondary N) is 2. The van der Waals surface area contributed by atoms with Gasteiger partial charge in [0.05, 0.1) is 0 Å². The minimum absolute atomic E-state index is 0.00694. The Hall–Kier alpha value is -0.290. The van der Waals surface area contributed by atoms with Crippen molar-refractivity contribution in [3.05, 3.63) is 0 Å². The van der Waals surface area contributed by atoms with E-state index in [0.29, 0.717) is 25.9 Å². The highest BCUT2D eigenvalue weighted by Gasteiger charge is 2.30. The lowest BCUT2D eigenvalue weighted by Gasteiger charge is -2.21. The number of hydrogen-bond donors (Lipinski definition) is 2. The van der Waals surface area contributed by atoms with E-state index >= 15 is 0 Å². The number of rotatable bonds is 0. The molecule has 0 radical (unpaired) electrons. The Morgan fingerprint density at radius 3 is 1.60 bits per heavy atom. The Labute approximate surface area is 88.6 Å². The summed E-state index contributed by atoms with van der Waals surface area (Å²) in [4.78, 5) is 0. The lowest BCUT2D eigenvalue weighted by Crippen LogP contribution is -2.35. The molecule has 0 spiro atoms. The van der Waals surface area contributed by atoms with Crippen LogP contribution in [0.3, 0.4) is 0 Å². The van der Waals surface area contributed by atoms with Crippen molar-refractivity contribution in [3.8, 4) is 0 Å². The van der Waals surface area contributed by atoms with Gasteiger partial charge in [-0.05, 0) is 25.9 Å². The van der Waals surface area contributed by atoms with E-state index in [2.05, 4.69) is 10.6 Å². The molecular weight excluding hydrogens is 205 g/mol. The fourth-order valence-electron chi connectivity index (χ4n) is 1.58. The Kier molecular flexibility index (Phi) is 5.39. The van der Waals surface area contributed by atoms with Gasteiger partial charge in [-0.1, -0.05) is 0 Å². The highest BCUT2D eigenvalue weighted by Crippen LogP contribution is 2.23. The highest BCUT2D eigenvalue weighted by atomic mass is 19.3. The van der Waals surface area contributed by atoms with Crippen molar-refractivity contribution in [1.82, 2.24) is 10.6 Å². The van der Waals surface area contributed by atoms with Crippen LogP contribution < -0.4 is 10.6 Å². The fraction of sp³-hybridized carbons (Fsp3) is 1.00. The van der Waals surface area contributed by atoms with E-state index in [0.717, 1.165) is 13.1 Å². The van der Waals surface area contributed by atoms with Gasteiger partial charge in [0.15, 0.2) is 0 Å². The minimum Gasteiger partial charge on any atom is -0.317 e. The Balaban J connectivity index is 0.000000151. The van der Waals surface area contributed by atoms with Crippen LogP contribution in [0.4, 0.5) is 13.2 Å². The third-order valence-corrected chi connectivity index (χ3v) is 2.60. The number of hydrogen-bond acceptors (Lipinski definition) is 2. The van der Waals surface area contributed by atoms with Crippen molar-refractivity contribution in [1.29, 1.82) is 0 Å². The molecule has 0 bridgehead atoms. The number of piperidine rings is 2. The van der Waals surface area contributed by atoms with Gasteiger partial charge in [0.25, 0.3) is 5.92 Å². The molecule has 2 saturated heterocycles. The standard InChI is InChI=1S/C5H9F2N.C5H10FN/c6-5(7)1-3-8-4-2-5;6-5-1-3-7-4-2-5/h8H,1-4H2;5,7H,1-4H2. The van der Waals surface area contributed by atoms with Crippen molar-refractivity contribution in [3.63, 3.8) is 0 Å². The summed E-state index contributed by atoms with van der Waals surface area (Å²) in [6.45, 7) is 2.66. The van der Waals surface area contributed by atoms with Crippen LogP contribution in [0.25, 0.3) is 0 Å². The molecule has 0 saturated carbocycles. The topological polar surface area (TPSA) is 24.1 Å². The molecular formula is C10H19F3N2. The third-order valence-electron chi connectivity index (χ3n) is 2.60. The van der Waals surface area contributed by atoms with E-state index in [1.54, 1.807) is 0 Å². The van der Waals surface area contributed by atoms with Crippen LogP contribution in [0.2, 0.25) is 0 Å². The molecule has 0 unspecified atom stereocenters. The fourth-order valence-corrected chi connectivity index (χ4v) is 1.58. The van der Waals surface area contributed by atoms with Crippen LogP contribution in [0.5, 0.6) is 0 Å². The van der Waals surface area contributed by atoms with Crippen molar-refractivity contribution in [2.45, 2.75) is 37.8 Å². The maximum atomic E-state index is 12.2. The first-order chi connectivity index (χ1) is 7.10. The van der Waals surface area contributed by atoms with Gasteiger partial charge >= 0.3 is 0 Å². The summed E-state index contributed by atoms with van der Waals surface area (Å²) in [7, 11) is 0. The number of alkyl halides is 3. The van der Waals surface area contributed by atoms with Gasteiger partial charge in [-0.3, -0.25) is 0 Å². The van der Waals surface area contributed by atoms with Gasteiger partial charge in [-0.15, -0.1) is 0 Å². The van der Waals surface area contributed by atoms with Gasteiger partial charge in [0.2, 0.25) is 0 Å². The highest BCUT2D eigenvalue weighted by molar-refractivity contribution is 4.73. The van der Waals surface area contributed by atoms with Crippen LogP contribution in [0.1, 0.15) is 25.7 Å². The van der Waals surface area contributed by atoms with Crippen LogP contribution in [-0.2, 0) is 0 Å². The van der Waals surface area contributed by atoms with Crippen molar-refractivity contribution in [2.75, 3.05) is 26.2 Å². The molecule has 2 rings (SSSR count). The quantitative estimate of drug-likeness (QED) is 0.654. The zero-order valence-electron chi connectivity index (χ0n) is 8.87. The zero-order chi connectivity index (χ0) is 11.1. The van der Waals surface area contributed by atoms with Crippen LogP contribution in [-0.4, -0.2) is 38.3 Å². The minimum atomic E-state index is -2.38. The molecule has 0 aliphatic carbocycles. The molecule has 2 aliphatic rings. The average molecular weight is 224 g/mol. The molecule has 2 aliphatic heterocycles. The second kappa shape index (κ2) is 6.33. The Bertz CT molecular complexity index is 162. The second-order valence-corrected chi connectivity index (χ2v) is 4.03. The van der Waals surface area contributed by atoms with Gasteiger partial charge in [-0.2, -0.15) is 0 Å². The Morgan fingerprint density at radius 1 is 0.867 bits per heavy atom. The van der Waals surface area contributed by atoms with Gasteiger partial charge in [0.1, 0.15) is 6.17 Å². The van der Waals surface area contributed by atoms with Gasteiger partial charge < -0.3 is 10.6 Å². The molecule has 2 nitrogen and oxygen atoms in total. The maximum Gasteiger partial charge on any atom is 0.250 e. The van der Waals surface area contributed by atoms with Crippen LogP contribution >= 0.6 is 0 Å². The molecule has 0 aromatic heterocycles. The smallest absolute Gasteiger partial charge is 0.250 e. The lowest BCUT2D eigenvalue weighted by molar-refractivity contribution is -0.0274. The summed E-state index contributed by atoms with van der Waals surface area (Å²) in [5, 5.41) is 5.94. The molecule has 0 aromatic carbocycles. The van der Waals surface area contributed by atoms with E-state index < -0.39 is 12.1 Å². The normalized spacial score (nSPS) is 26.6. The van der Waals surface area contributed by atoms with E-state index in [-0.39, 0.29) is 12.8 Å². The van der Waals surface area contributed by atoms with Gasteiger partial charge in [-0.25, -0.2) is 13.2 Å². The summed E-state index contributed by atoms with van der Waals surface area (Å²) in [5.74, 6) is -2.38. The monoisotopic (exact) mass is 224 g/mol. The molecule has 2 N–H and O–H groups in total. The van der Waals surface area contributed by atoms with Crippen molar-refractivity contribution in [2.24, 2.45) is 0 Å². The molecule has 0 aromatic rings. The molecule has 15 heavy (non-hydrogen) atoms. The van der Waals surface area contributed by atoms with Crippen molar-refractivity contribution < 1.29 is 13.2 Å². The third kappa shape index (κ3) is 5.99. The van der Waals surface area contributed by atoms with E-state index in [9.17, 15) is 13.2 Å². The summed E-state index contributed by atoms with van der Waals surface area (Å²) in [6.07, 6.45) is 0.904. The average Bonchev–Trinajstić information content (AvgIpc) is 2.19. The summed E-state index contributed by atoms with van der Waals surface area (Å²) in [6, 6.07) is 0.